The summed E-state index contributed by atoms with van der Waals surface area (Å²) >= 11 is 0. The molecule has 322 valence electrons. The highest BCUT2D eigenvalue weighted by Gasteiger charge is 2.65. The lowest BCUT2D eigenvalue weighted by molar-refractivity contribution is -0.255. The van der Waals surface area contributed by atoms with E-state index in [9.17, 15) is 19.4 Å². The van der Waals surface area contributed by atoms with Crippen LogP contribution in [-0.2, 0) is 25.7 Å². The van der Waals surface area contributed by atoms with Crippen LogP contribution in [0.3, 0.4) is 0 Å². The Kier molecular flexibility index (Phi) is 16.4. The topological polar surface area (TPSA) is 129 Å². The van der Waals surface area contributed by atoms with Crippen LogP contribution in [0.5, 0.6) is 11.5 Å². The standard InChI is InChI=1S/C47H63FN2O9/c1-4-7-27-55-46(53)50(23-5-2)42-31-40(49-59-43-20-12-15-28-54-43)37-29-33(16-10-13-24-51)36(18-11-14-25-52)44-38-30-35(56-32-34-17-8-9-19-39(34)48)21-22-41(38)58-47(42,45(37)44)57-26-6-3/h4,6,8-9,17,19,21-22,29-30,33,36,42-45,51-52H,1,3,5,7,10-16,18,20,23-28,31-32H2,2H3. The Morgan fingerprint density at radius 3 is 2.61 bits per heavy atom. The number of hydrogen-bond acceptors (Lipinski definition) is 10. The van der Waals surface area contributed by atoms with Crippen molar-refractivity contribution in [3.05, 3.63) is 96.4 Å². The number of aliphatic hydroxyl groups is 2. The number of ether oxygens (including phenoxy) is 5. The Morgan fingerprint density at radius 1 is 1.07 bits per heavy atom. The molecule has 11 nitrogen and oxygen atoms in total. The molecule has 2 aliphatic carbocycles. The molecule has 2 fully saturated rings. The molecule has 2 aromatic carbocycles. The van der Waals surface area contributed by atoms with Gasteiger partial charge in [-0.25, -0.2) is 9.18 Å². The van der Waals surface area contributed by atoms with Crippen LogP contribution < -0.4 is 9.47 Å². The second kappa shape index (κ2) is 21.9. The van der Waals surface area contributed by atoms with Crippen molar-refractivity contribution < 1.29 is 47.9 Å². The summed E-state index contributed by atoms with van der Waals surface area (Å²) in [5, 5.41) is 24.7. The van der Waals surface area contributed by atoms with Gasteiger partial charge in [0.1, 0.15) is 30.0 Å². The minimum atomic E-state index is -1.41. The zero-order valence-corrected chi connectivity index (χ0v) is 34.6. The summed E-state index contributed by atoms with van der Waals surface area (Å²) in [4.78, 5) is 22.2. The largest absolute Gasteiger partial charge is 0.489 e. The van der Waals surface area contributed by atoms with Crippen LogP contribution in [0, 0.1) is 23.6 Å². The molecule has 1 amide bonds. The number of carbonyl (C=O) groups is 1. The first kappa shape index (κ1) is 44.3. The number of hydrogen-bond donors (Lipinski definition) is 2. The Balaban J connectivity index is 1.55. The van der Waals surface area contributed by atoms with Crippen molar-refractivity contribution in [2.24, 2.45) is 22.9 Å². The predicted octanol–water partition coefficient (Wildman–Crippen LogP) is 8.99. The first-order chi connectivity index (χ1) is 28.9. The van der Waals surface area contributed by atoms with Crippen molar-refractivity contribution in [1.29, 1.82) is 0 Å². The number of oxime groups is 1. The minimum Gasteiger partial charge on any atom is -0.489 e. The van der Waals surface area contributed by atoms with Crippen LogP contribution in [0.15, 0.2) is 84.6 Å². The van der Waals surface area contributed by atoms with Crippen LogP contribution in [-0.4, -0.2) is 84.6 Å². The van der Waals surface area contributed by atoms with E-state index in [4.69, 9.17) is 33.7 Å². The highest BCUT2D eigenvalue weighted by atomic mass is 19.1. The van der Waals surface area contributed by atoms with E-state index in [2.05, 4.69) is 19.2 Å². The number of rotatable bonds is 22. The van der Waals surface area contributed by atoms with E-state index in [1.54, 1.807) is 35.3 Å². The first-order valence-corrected chi connectivity index (χ1v) is 21.6. The van der Waals surface area contributed by atoms with Gasteiger partial charge in [0.15, 0.2) is 0 Å². The second-order valence-corrected chi connectivity index (χ2v) is 15.9. The average molecular weight is 819 g/mol. The van der Waals surface area contributed by atoms with E-state index in [-0.39, 0.29) is 63.0 Å². The minimum absolute atomic E-state index is 0.0342. The Morgan fingerprint density at radius 2 is 1.88 bits per heavy atom. The van der Waals surface area contributed by atoms with Gasteiger partial charge in [-0.15, -0.1) is 13.2 Å². The molecule has 7 unspecified atom stereocenters. The molecule has 0 bridgehead atoms. The van der Waals surface area contributed by atoms with Crippen molar-refractivity contribution in [3.63, 3.8) is 0 Å². The van der Waals surface area contributed by atoms with E-state index in [1.165, 1.54) is 6.07 Å². The number of halogens is 1. The van der Waals surface area contributed by atoms with Gasteiger partial charge in [0, 0.05) is 49.6 Å². The molecule has 1 saturated heterocycles. The van der Waals surface area contributed by atoms with Gasteiger partial charge in [0.25, 0.3) is 0 Å². The Labute approximate surface area is 348 Å². The van der Waals surface area contributed by atoms with Crippen LogP contribution in [0.25, 0.3) is 0 Å². The molecular formula is C47H63FN2O9. The van der Waals surface area contributed by atoms with Crippen LogP contribution in [0.4, 0.5) is 9.18 Å². The zero-order chi connectivity index (χ0) is 41.6. The van der Waals surface area contributed by atoms with Crippen LogP contribution in [0.2, 0.25) is 0 Å². The molecule has 12 heteroatoms. The maximum absolute atomic E-state index is 14.7. The molecule has 6 rings (SSSR count). The molecule has 2 aromatic rings. The van der Waals surface area contributed by atoms with E-state index in [0.717, 1.165) is 56.1 Å². The van der Waals surface area contributed by atoms with Crippen molar-refractivity contribution in [2.75, 3.05) is 39.6 Å². The Bertz CT molecular complexity index is 1760. The highest BCUT2D eigenvalue weighted by molar-refractivity contribution is 6.03. The van der Waals surface area contributed by atoms with E-state index in [1.807, 2.05) is 25.1 Å². The molecule has 0 spiro atoms. The van der Waals surface area contributed by atoms with E-state index < -0.39 is 30.1 Å². The second-order valence-electron chi connectivity index (χ2n) is 15.9. The lowest BCUT2D eigenvalue weighted by Crippen LogP contribution is -2.70. The maximum Gasteiger partial charge on any atom is 0.410 e. The molecule has 2 heterocycles. The lowest BCUT2D eigenvalue weighted by atomic mass is 9.55. The summed E-state index contributed by atoms with van der Waals surface area (Å²) in [6, 6.07) is 11.6. The van der Waals surface area contributed by atoms with E-state index >= 15 is 0 Å². The summed E-state index contributed by atoms with van der Waals surface area (Å²) in [7, 11) is 0. The van der Waals surface area contributed by atoms with Crippen molar-refractivity contribution in [3.8, 4) is 11.5 Å². The number of nitrogens with zero attached hydrogens (tertiary/aromatic N) is 2. The molecule has 0 radical (unpaired) electrons. The van der Waals surface area contributed by atoms with Crippen molar-refractivity contribution in [2.45, 2.75) is 115 Å². The monoisotopic (exact) mass is 818 g/mol. The van der Waals surface area contributed by atoms with Crippen molar-refractivity contribution >= 4 is 11.8 Å². The highest BCUT2D eigenvalue weighted by Crippen LogP contribution is 2.62. The summed E-state index contributed by atoms with van der Waals surface area (Å²) in [5.41, 5.74) is 2.98. The van der Waals surface area contributed by atoms with Crippen LogP contribution in [0.1, 0.15) is 101 Å². The fourth-order valence-corrected chi connectivity index (χ4v) is 9.36. The molecule has 59 heavy (non-hydrogen) atoms. The van der Waals surface area contributed by atoms with Gasteiger partial charge in [-0.05, 0) is 93.0 Å². The van der Waals surface area contributed by atoms with Gasteiger partial charge in [-0.2, -0.15) is 0 Å². The lowest BCUT2D eigenvalue weighted by Gasteiger charge is -2.60. The fraction of sp³-hybridized carbons (Fsp3) is 0.574. The smallest absolute Gasteiger partial charge is 0.410 e. The third kappa shape index (κ3) is 10.4. The molecule has 2 N–H and O–H groups in total. The van der Waals surface area contributed by atoms with E-state index in [0.29, 0.717) is 61.6 Å². The summed E-state index contributed by atoms with van der Waals surface area (Å²) in [6.45, 7) is 11.3. The molecule has 1 saturated carbocycles. The van der Waals surface area contributed by atoms with Gasteiger partial charge in [-0.3, -0.25) is 4.90 Å². The molecule has 0 aromatic heterocycles. The molecule has 7 atom stereocenters. The number of unbranched alkanes of at least 4 members (excludes halogenated alkanes) is 2. The van der Waals surface area contributed by atoms with Gasteiger partial charge in [0.05, 0.1) is 31.5 Å². The molecular weight excluding hydrogens is 756 g/mol. The zero-order valence-electron chi connectivity index (χ0n) is 34.6. The van der Waals surface area contributed by atoms with Gasteiger partial charge < -0.3 is 38.7 Å². The summed E-state index contributed by atoms with van der Waals surface area (Å²) in [6.07, 6.45) is 13.3. The number of allylic oxidation sites excluding steroid dienone is 1. The van der Waals surface area contributed by atoms with Crippen molar-refractivity contribution in [1.82, 2.24) is 4.90 Å². The quantitative estimate of drug-likeness (QED) is 0.0680. The van der Waals surface area contributed by atoms with Gasteiger partial charge in [-0.1, -0.05) is 61.3 Å². The molecule has 4 aliphatic rings. The van der Waals surface area contributed by atoms with Crippen LogP contribution >= 0.6 is 0 Å². The normalized spacial score (nSPS) is 26.4. The number of benzene rings is 2. The average Bonchev–Trinajstić information content (AvgIpc) is 3.25. The van der Waals surface area contributed by atoms with Gasteiger partial charge in [0.2, 0.25) is 12.1 Å². The van der Waals surface area contributed by atoms with Gasteiger partial charge >= 0.3 is 6.09 Å². The summed E-state index contributed by atoms with van der Waals surface area (Å²) in [5.74, 6) is -1.21. The number of amides is 1. The SMILES string of the molecule is C=CCCOC(=O)N(CCC)C1CC(=NOC2CCCCO2)C2=CC(CCCCO)C(CCCCO)C3c4cc(OCc5ccccc5F)ccc4OC1(OCC=C)C23. The summed E-state index contributed by atoms with van der Waals surface area (Å²) < 4.78 is 47.1. The third-order valence-electron chi connectivity index (χ3n) is 12.0. The fourth-order valence-electron chi connectivity index (χ4n) is 9.36. The maximum atomic E-state index is 14.7. The predicted molar refractivity (Wildman–Crippen MR) is 224 cm³/mol. The Hall–Kier alpha value is -4.23. The molecule has 2 aliphatic heterocycles. The number of aliphatic hydroxyl groups excluding tert-OH is 2. The number of fused-ring (bicyclic) bond motifs is 2. The third-order valence-corrected chi connectivity index (χ3v) is 12.0. The number of carbonyl (C=O) groups excluding carboxylic acids is 1. The first-order valence-electron chi connectivity index (χ1n) is 21.6.